The van der Waals surface area contributed by atoms with Gasteiger partial charge in [0.15, 0.2) is 17.1 Å². The predicted molar refractivity (Wildman–Crippen MR) is 61.4 cm³/mol. The van der Waals surface area contributed by atoms with Gasteiger partial charge in [-0.25, -0.2) is 13.2 Å². The Morgan fingerprint density at radius 2 is 1.89 bits per heavy atom. The highest BCUT2D eigenvalue weighted by molar-refractivity contribution is 5.80. The van der Waals surface area contributed by atoms with Crippen molar-refractivity contribution in [3.63, 3.8) is 0 Å². The number of halogens is 3. The number of hydrogen-bond donors (Lipinski definition) is 0. The number of aryl methyl sites for hydroxylation is 1. The topological polar surface area (TPSA) is 22.0 Å². The zero-order valence-electron chi connectivity index (χ0n) is 9.58. The van der Waals surface area contributed by atoms with Gasteiger partial charge in [0.05, 0.1) is 11.6 Å². The van der Waals surface area contributed by atoms with E-state index in [1.54, 1.807) is 6.92 Å². The molecular formula is C13H10F3NO. The Morgan fingerprint density at radius 3 is 2.50 bits per heavy atom. The fourth-order valence-corrected chi connectivity index (χ4v) is 2.20. The zero-order chi connectivity index (χ0) is 13.0. The van der Waals surface area contributed by atoms with Gasteiger partial charge in [-0.05, 0) is 13.0 Å². The lowest BCUT2D eigenvalue weighted by atomic mass is 10.1. The Morgan fingerprint density at radius 1 is 1.28 bits per heavy atom. The molecule has 2 unspecified atom stereocenters. The lowest BCUT2D eigenvalue weighted by molar-refractivity contribution is 0.443. The second kappa shape index (κ2) is 3.60. The fraction of sp³-hybridized carbons (Fsp3) is 0.308. The molecule has 0 spiro atoms. The second-order valence-electron chi connectivity index (χ2n) is 4.65. The van der Waals surface area contributed by atoms with Gasteiger partial charge < -0.3 is 4.57 Å². The minimum Gasteiger partial charge on any atom is -0.341 e. The van der Waals surface area contributed by atoms with Crippen molar-refractivity contribution in [2.24, 2.45) is 0 Å². The average molecular weight is 253 g/mol. The van der Waals surface area contributed by atoms with Crippen LogP contribution in [-0.2, 0) is 0 Å². The molecule has 1 aromatic carbocycles. The molecule has 0 aliphatic heterocycles. The largest absolute Gasteiger partial charge is 0.341 e. The van der Waals surface area contributed by atoms with E-state index in [-0.39, 0.29) is 22.4 Å². The van der Waals surface area contributed by atoms with Crippen LogP contribution in [-0.4, -0.2) is 10.7 Å². The third-order valence-electron chi connectivity index (χ3n) is 3.29. The quantitative estimate of drug-likeness (QED) is 0.766. The van der Waals surface area contributed by atoms with E-state index in [2.05, 4.69) is 0 Å². The Bertz CT molecular complexity index is 707. The Hall–Kier alpha value is -1.78. The molecule has 1 aliphatic carbocycles. The summed E-state index contributed by atoms with van der Waals surface area (Å²) in [5.41, 5.74) is 0.290. The normalized spacial score (nSPS) is 22.4. The van der Waals surface area contributed by atoms with Crippen LogP contribution >= 0.6 is 0 Å². The minimum absolute atomic E-state index is 0.0907. The summed E-state index contributed by atoms with van der Waals surface area (Å²) in [6.45, 7) is 1.58. The van der Waals surface area contributed by atoms with Gasteiger partial charge in [-0.1, -0.05) is 0 Å². The third-order valence-corrected chi connectivity index (χ3v) is 3.29. The maximum atomic E-state index is 13.3. The lowest BCUT2D eigenvalue weighted by Gasteiger charge is -2.11. The van der Waals surface area contributed by atoms with E-state index < -0.39 is 17.8 Å². The van der Waals surface area contributed by atoms with Gasteiger partial charge in [0.1, 0.15) is 6.17 Å². The molecule has 0 radical (unpaired) electrons. The molecule has 1 aliphatic rings. The maximum Gasteiger partial charge on any atom is 0.192 e. The molecule has 1 heterocycles. The van der Waals surface area contributed by atoms with E-state index in [1.807, 2.05) is 0 Å². The van der Waals surface area contributed by atoms with Crippen LogP contribution in [0.2, 0.25) is 0 Å². The van der Waals surface area contributed by atoms with Crippen LogP contribution in [0.15, 0.2) is 23.1 Å². The summed E-state index contributed by atoms with van der Waals surface area (Å²) in [7, 11) is 0. The monoisotopic (exact) mass is 253 g/mol. The van der Waals surface area contributed by atoms with Crippen LogP contribution in [0.3, 0.4) is 0 Å². The van der Waals surface area contributed by atoms with Crippen LogP contribution in [0.4, 0.5) is 13.2 Å². The molecule has 18 heavy (non-hydrogen) atoms. The summed E-state index contributed by atoms with van der Waals surface area (Å²) < 4.78 is 41.1. The number of hydrogen-bond acceptors (Lipinski definition) is 1. The molecule has 94 valence electrons. The molecule has 5 heteroatoms. The molecule has 0 saturated heterocycles. The van der Waals surface area contributed by atoms with Crippen molar-refractivity contribution in [1.29, 1.82) is 0 Å². The molecule has 2 nitrogen and oxygen atoms in total. The van der Waals surface area contributed by atoms with Crippen LogP contribution in [0.5, 0.6) is 0 Å². The van der Waals surface area contributed by atoms with Gasteiger partial charge in [-0.2, -0.15) is 0 Å². The number of benzene rings is 1. The molecule has 3 rings (SSSR count). The van der Waals surface area contributed by atoms with Crippen molar-refractivity contribution < 1.29 is 13.2 Å². The first kappa shape index (κ1) is 11.3. The van der Waals surface area contributed by atoms with E-state index in [0.717, 1.165) is 12.1 Å². The highest BCUT2D eigenvalue weighted by atomic mass is 19.2. The number of alkyl halides is 1. The van der Waals surface area contributed by atoms with Crippen molar-refractivity contribution in [1.82, 2.24) is 4.57 Å². The van der Waals surface area contributed by atoms with E-state index in [0.29, 0.717) is 12.0 Å². The van der Waals surface area contributed by atoms with Gasteiger partial charge in [-0.3, -0.25) is 4.79 Å². The first-order valence-corrected chi connectivity index (χ1v) is 5.63. The summed E-state index contributed by atoms with van der Waals surface area (Å²) in [6.07, 6.45) is 0.867. The van der Waals surface area contributed by atoms with Gasteiger partial charge in [-0.15, -0.1) is 0 Å². The van der Waals surface area contributed by atoms with Crippen LogP contribution < -0.4 is 5.43 Å². The molecule has 1 saturated carbocycles. The van der Waals surface area contributed by atoms with Crippen molar-refractivity contribution >= 4 is 10.9 Å². The molecule has 2 aromatic rings. The number of nitrogens with zero attached hydrogens (tertiary/aromatic N) is 1. The summed E-state index contributed by atoms with van der Waals surface area (Å²) in [5, 5.41) is 0.0907. The molecule has 2 atom stereocenters. The SMILES string of the molecule is Cc1cn(C2CC2F)c2cc(F)c(F)cc2c1=O. The van der Waals surface area contributed by atoms with Crippen LogP contribution in [0, 0.1) is 18.6 Å². The maximum absolute atomic E-state index is 13.3. The highest BCUT2D eigenvalue weighted by Gasteiger charge is 2.39. The first-order valence-electron chi connectivity index (χ1n) is 5.63. The predicted octanol–water partition coefficient (Wildman–Crippen LogP) is 2.87. The summed E-state index contributed by atoms with van der Waals surface area (Å²) in [5.74, 6) is -2.10. The molecule has 0 N–H and O–H groups in total. The number of aromatic nitrogens is 1. The zero-order valence-corrected chi connectivity index (χ0v) is 9.58. The molecule has 0 amide bonds. The van der Waals surface area contributed by atoms with Crippen molar-refractivity contribution in [2.45, 2.75) is 25.6 Å². The van der Waals surface area contributed by atoms with Gasteiger partial charge in [0.2, 0.25) is 0 Å². The fourth-order valence-electron chi connectivity index (χ4n) is 2.20. The van der Waals surface area contributed by atoms with E-state index in [4.69, 9.17) is 0 Å². The summed E-state index contributed by atoms with van der Waals surface area (Å²) in [4.78, 5) is 11.9. The Labute approximate surface area is 101 Å². The lowest BCUT2D eigenvalue weighted by Crippen LogP contribution is -2.13. The smallest absolute Gasteiger partial charge is 0.192 e. The average Bonchev–Trinajstić information content (AvgIpc) is 3.03. The van der Waals surface area contributed by atoms with E-state index in [9.17, 15) is 18.0 Å². The minimum atomic E-state index is -1.07. The van der Waals surface area contributed by atoms with Crippen LogP contribution in [0.25, 0.3) is 10.9 Å². The van der Waals surface area contributed by atoms with E-state index in [1.165, 1.54) is 10.8 Å². The Kier molecular flexibility index (Phi) is 2.27. The molecule has 0 bridgehead atoms. The molecule has 1 aromatic heterocycles. The first-order chi connectivity index (χ1) is 8.49. The summed E-state index contributed by atoms with van der Waals surface area (Å²) in [6, 6.07) is 1.46. The van der Waals surface area contributed by atoms with Gasteiger partial charge in [0.25, 0.3) is 0 Å². The Balaban J connectivity index is 2.39. The number of rotatable bonds is 1. The van der Waals surface area contributed by atoms with Gasteiger partial charge in [0, 0.05) is 29.6 Å². The van der Waals surface area contributed by atoms with Crippen molar-refractivity contribution in [3.8, 4) is 0 Å². The van der Waals surface area contributed by atoms with Gasteiger partial charge >= 0.3 is 0 Å². The number of pyridine rings is 1. The van der Waals surface area contributed by atoms with Crippen molar-refractivity contribution in [2.75, 3.05) is 0 Å². The van der Waals surface area contributed by atoms with E-state index >= 15 is 0 Å². The second-order valence-corrected chi connectivity index (χ2v) is 4.65. The van der Waals surface area contributed by atoms with Crippen molar-refractivity contribution in [3.05, 3.63) is 45.8 Å². The third kappa shape index (κ3) is 1.54. The molecule has 1 fully saturated rings. The number of fused-ring (bicyclic) bond motifs is 1. The summed E-state index contributed by atoms with van der Waals surface area (Å²) >= 11 is 0. The standard InChI is InChI=1S/C13H10F3NO/c1-6-5-17(12-4-10(12)16)11-3-9(15)8(14)2-7(11)13(6)18/h2-3,5,10,12H,4H2,1H3. The van der Waals surface area contributed by atoms with Crippen LogP contribution in [0.1, 0.15) is 18.0 Å². The highest BCUT2D eigenvalue weighted by Crippen LogP contribution is 2.40. The molecular weight excluding hydrogens is 243 g/mol.